The molecule has 0 aliphatic heterocycles. The number of fused-ring (bicyclic) bond motifs is 1. The number of halogens is 1. The molecule has 2 aromatic heterocycles. The fourth-order valence-corrected chi connectivity index (χ4v) is 3.44. The summed E-state index contributed by atoms with van der Waals surface area (Å²) in [6.45, 7) is 2.65. The molecule has 21 heavy (non-hydrogen) atoms. The van der Waals surface area contributed by atoms with Crippen molar-refractivity contribution < 1.29 is 0 Å². The fraction of sp³-hybridized carbons (Fsp3) is 0.200. The van der Waals surface area contributed by atoms with Crippen molar-refractivity contribution in [1.82, 2.24) is 9.13 Å². The molecule has 4 nitrogen and oxygen atoms in total. The van der Waals surface area contributed by atoms with Gasteiger partial charge in [-0.25, -0.2) is 4.79 Å². The maximum atomic E-state index is 12.5. The number of benzene rings is 1. The van der Waals surface area contributed by atoms with Gasteiger partial charge in [-0.05, 0) is 36.1 Å². The third-order valence-electron chi connectivity index (χ3n) is 3.41. The lowest BCUT2D eigenvalue weighted by Crippen LogP contribution is -2.39. The molecular formula is C15H13BrN2O2S. The molecule has 6 heteroatoms. The summed E-state index contributed by atoms with van der Waals surface area (Å²) < 4.78 is 4.59. The van der Waals surface area contributed by atoms with Gasteiger partial charge in [0.1, 0.15) is 4.70 Å². The van der Waals surface area contributed by atoms with E-state index >= 15 is 0 Å². The van der Waals surface area contributed by atoms with E-state index in [-0.39, 0.29) is 11.2 Å². The molecule has 0 radical (unpaired) electrons. The largest absolute Gasteiger partial charge is 0.331 e. The maximum Gasteiger partial charge on any atom is 0.331 e. The van der Waals surface area contributed by atoms with Crippen molar-refractivity contribution in [1.29, 1.82) is 0 Å². The molecule has 108 valence electrons. The predicted molar refractivity (Wildman–Crippen MR) is 89.3 cm³/mol. The second kappa shape index (κ2) is 5.61. The lowest BCUT2D eigenvalue weighted by molar-refractivity contribution is 0.620. The van der Waals surface area contributed by atoms with E-state index in [1.165, 1.54) is 15.9 Å². The second-order valence-electron chi connectivity index (χ2n) is 4.68. The van der Waals surface area contributed by atoms with Crippen LogP contribution in [0.2, 0.25) is 0 Å². The first-order valence-corrected chi connectivity index (χ1v) is 8.24. The van der Waals surface area contributed by atoms with Gasteiger partial charge in [0.05, 0.1) is 12.1 Å². The third kappa shape index (κ3) is 2.49. The average Bonchev–Trinajstić information content (AvgIpc) is 2.96. The van der Waals surface area contributed by atoms with Crippen molar-refractivity contribution in [2.75, 3.05) is 0 Å². The molecule has 0 amide bonds. The predicted octanol–water partition coefficient (Wildman–Crippen LogP) is 3.06. The van der Waals surface area contributed by atoms with Gasteiger partial charge < -0.3 is 0 Å². The van der Waals surface area contributed by atoms with Crippen LogP contribution in [0.3, 0.4) is 0 Å². The first kappa shape index (κ1) is 14.3. The molecule has 0 saturated carbocycles. The summed E-state index contributed by atoms with van der Waals surface area (Å²) in [5.41, 5.74) is 1.28. The molecule has 0 aliphatic rings. The van der Waals surface area contributed by atoms with Gasteiger partial charge in [-0.1, -0.05) is 28.1 Å². The average molecular weight is 365 g/mol. The van der Waals surface area contributed by atoms with Crippen molar-refractivity contribution in [2.24, 2.45) is 0 Å². The summed E-state index contributed by atoms with van der Waals surface area (Å²) in [5.74, 6) is 0. The first-order chi connectivity index (χ1) is 10.1. The van der Waals surface area contributed by atoms with E-state index in [1.54, 1.807) is 4.57 Å². The second-order valence-corrected chi connectivity index (χ2v) is 6.51. The summed E-state index contributed by atoms with van der Waals surface area (Å²) >= 11 is 4.78. The van der Waals surface area contributed by atoms with Crippen LogP contribution in [0, 0.1) is 0 Å². The van der Waals surface area contributed by atoms with Crippen LogP contribution in [0.4, 0.5) is 0 Å². The van der Waals surface area contributed by atoms with E-state index in [1.807, 2.05) is 42.6 Å². The monoisotopic (exact) mass is 364 g/mol. The Morgan fingerprint density at radius 2 is 1.81 bits per heavy atom. The Labute approximate surface area is 133 Å². The van der Waals surface area contributed by atoms with E-state index in [0.29, 0.717) is 23.3 Å². The highest BCUT2D eigenvalue weighted by Gasteiger charge is 2.13. The molecule has 1 aromatic carbocycles. The quantitative estimate of drug-likeness (QED) is 0.716. The minimum absolute atomic E-state index is 0.195. The smallest absolute Gasteiger partial charge is 0.288 e. The highest BCUT2D eigenvalue weighted by molar-refractivity contribution is 9.10. The number of nitrogens with zero attached hydrogens (tertiary/aromatic N) is 2. The van der Waals surface area contributed by atoms with E-state index in [9.17, 15) is 9.59 Å². The van der Waals surface area contributed by atoms with Crippen molar-refractivity contribution in [3.8, 4) is 0 Å². The standard InChI is InChI=1S/C15H13BrN2O2S/c1-2-17-14(19)13-12(7-8-21-13)18(15(17)20)9-10-3-5-11(16)6-4-10/h3-8H,2,9H2,1H3. The molecule has 0 aliphatic carbocycles. The Kier molecular flexibility index (Phi) is 3.82. The summed E-state index contributed by atoms with van der Waals surface area (Å²) in [5, 5.41) is 1.85. The molecule has 0 unspecified atom stereocenters. The van der Waals surface area contributed by atoms with Crippen molar-refractivity contribution >= 4 is 37.5 Å². The summed E-state index contributed by atoms with van der Waals surface area (Å²) in [6.07, 6.45) is 0. The molecular weight excluding hydrogens is 352 g/mol. The highest BCUT2D eigenvalue weighted by Crippen LogP contribution is 2.17. The highest BCUT2D eigenvalue weighted by atomic mass is 79.9. The van der Waals surface area contributed by atoms with Crippen LogP contribution in [0.25, 0.3) is 10.2 Å². The van der Waals surface area contributed by atoms with Crippen LogP contribution in [-0.4, -0.2) is 9.13 Å². The van der Waals surface area contributed by atoms with Crippen LogP contribution in [0.15, 0.2) is 49.8 Å². The minimum atomic E-state index is -0.253. The van der Waals surface area contributed by atoms with Crippen molar-refractivity contribution in [3.05, 3.63) is 66.6 Å². The Bertz CT molecular complexity index is 906. The number of aromatic nitrogens is 2. The van der Waals surface area contributed by atoms with E-state index in [0.717, 1.165) is 10.0 Å². The summed E-state index contributed by atoms with van der Waals surface area (Å²) in [7, 11) is 0. The van der Waals surface area contributed by atoms with Crippen LogP contribution < -0.4 is 11.2 Å². The van der Waals surface area contributed by atoms with Gasteiger partial charge >= 0.3 is 5.69 Å². The molecule has 0 bridgehead atoms. The number of hydrogen-bond acceptors (Lipinski definition) is 3. The molecule has 2 heterocycles. The molecule has 0 saturated heterocycles. The normalized spacial score (nSPS) is 11.1. The molecule has 0 spiro atoms. The van der Waals surface area contributed by atoms with Crippen LogP contribution in [0.5, 0.6) is 0 Å². The Hall–Kier alpha value is -1.66. The van der Waals surface area contributed by atoms with Crippen LogP contribution in [-0.2, 0) is 13.1 Å². The zero-order valence-electron chi connectivity index (χ0n) is 11.4. The number of hydrogen-bond donors (Lipinski definition) is 0. The van der Waals surface area contributed by atoms with Gasteiger partial charge in [0.2, 0.25) is 0 Å². The molecule has 0 N–H and O–H groups in total. The Morgan fingerprint density at radius 1 is 1.10 bits per heavy atom. The van der Waals surface area contributed by atoms with Gasteiger partial charge in [0.25, 0.3) is 5.56 Å². The first-order valence-electron chi connectivity index (χ1n) is 6.57. The van der Waals surface area contributed by atoms with E-state index < -0.39 is 0 Å². The molecule has 3 aromatic rings. The SMILES string of the molecule is CCn1c(=O)c2sccc2n(Cc2ccc(Br)cc2)c1=O. The fourth-order valence-electron chi connectivity index (χ4n) is 2.34. The van der Waals surface area contributed by atoms with Gasteiger partial charge in [0.15, 0.2) is 0 Å². The zero-order chi connectivity index (χ0) is 15.0. The molecule has 0 fully saturated rings. The van der Waals surface area contributed by atoms with E-state index in [4.69, 9.17) is 0 Å². The lowest BCUT2D eigenvalue weighted by Gasteiger charge is -2.11. The topological polar surface area (TPSA) is 44.0 Å². The Morgan fingerprint density at radius 3 is 2.48 bits per heavy atom. The van der Waals surface area contributed by atoms with Crippen LogP contribution in [0.1, 0.15) is 12.5 Å². The zero-order valence-corrected chi connectivity index (χ0v) is 13.8. The van der Waals surface area contributed by atoms with Gasteiger partial charge in [0, 0.05) is 11.0 Å². The maximum absolute atomic E-state index is 12.5. The Balaban J connectivity index is 2.22. The number of thiophene rings is 1. The van der Waals surface area contributed by atoms with Gasteiger partial charge in [-0.15, -0.1) is 11.3 Å². The van der Waals surface area contributed by atoms with Gasteiger partial charge in [-0.2, -0.15) is 0 Å². The van der Waals surface area contributed by atoms with Gasteiger partial charge in [-0.3, -0.25) is 13.9 Å². The van der Waals surface area contributed by atoms with Crippen molar-refractivity contribution in [3.63, 3.8) is 0 Å². The summed E-state index contributed by atoms with van der Waals surface area (Å²) in [4.78, 5) is 24.8. The third-order valence-corrected chi connectivity index (χ3v) is 4.83. The number of rotatable bonds is 3. The summed E-state index contributed by atoms with van der Waals surface area (Å²) in [6, 6.07) is 9.66. The molecule has 3 rings (SSSR count). The lowest BCUT2D eigenvalue weighted by atomic mass is 10.2. The minimum Gasteiger partial charge on any atom is -0.288 e. The van der Waals surface area contributed by atoms with E-state index in [2.05, 4.69) is 15.9 Å². The van der Waals surface area contributed by atoms with Crippen LogP contribution >= 0.6 is 27.3 Å². The molecule has 0 atom stereocenters. The van der Waals surface area contributed by atoms with Crippen molar-refractivity contribution in [2.45, 2.75) is 20.0 Å².